The van der Waals surface area contributed by atoms with Gasteiger partial charge in [0.15, 0.2) is 0 Å². The van der Waals surface area contributed by atoms with Gasteiger partial charge in [0.2, 0.25) is 0 Å². The molecule has 2 rings (SSSR count). The first-order valence-electron chi connectivity index (χ1n) is 7.67. The lowest BCUT2D eigenvalue weighted by molar-refractivity contribution is 0.401. The highest BCUT2D eigenvalue weighted by Crippen LogP contribution is 2.33. The Labute approximate surface area is 138 Å². The topological polar surface area (TPSA) is 61.2 Å². The molecule has 6 heteroatoms. The van der Waals surface area contributed by atoms with Crippen molar-refractivity contribution in [2.24, 2.45) is 0 Å². The van der Waals surface area contributed by atoms with E-state index in [0.717, 1.165) is 11.1 Å². The van der Waals surface area contributed by atoms with Gasteiger partial charge in [-0.05, 0) is 36.1 Å². The van der Waals surface area contributed by atoms with E-state index in [1.807, 2.05) is 34.6 Å². The van der Waals surface area contributed by atoms with E-state index < -0.39 is 10.0 Å². The Morgan fingerprint density at radius 3 is 2.30 bits per heavy atom. The molecule has 23 heavy (non-hydrogen) atoms. The summed E-state index contributed by atoms with van der Waals surface area (Å²) >= 11 is 0. The van der Waals surface area contributed by atoms with Gasteiger partial charge in [-0.1, -0.05) is 27.7 Å². The molecule has 2 aromatic rings. The molecule has 0 unspecified atom stereocenters. The number of imidazole rings is 1. The van der Waals surface area contributed by atoms with Crippen molar-refractivity contribution in [2.75, 3.05) is 7.11 Å². The standard InChI is InChI=1S/C17H24N2O3S/c1-11(2)14-10-16(15(22-6)9-13(14)5)23(20,21)19-8-7-18-17(19)12(3)4/h7-12H,1-6H3. The maximum absolute atomic E-state index is 13.1. The number of rotatable bonds is 5. The quantitative estimate of drug-likeness (QED) is 0.835. The average Bonchev–Trinajstić information content (AvgIpc) is 2.96. The molecule has 0 amide bonds. The third kappa shape index (κ3) is 3.13. The highest BCUT2D eigenvalue weighted by Gasteiger charge is 2.26. The van der Waals surface area contributed by atoms with Gasteiger partial charge < -0.3 is 4.74 Å². The van der Waals surface area contributed by atoms with Crippen LogP contribution in [0.15, 0.2) is 29.4 Å². The Balaban J connectivity index is 2.73. The molecular weight excluding hydrogens is 312 g/mol. The summed E-state index contributed by atoms with van der Waals surface area (Å²) in [7, 11) is -2.27. The molecule has 0 saturated heterocycles. The van der Waals surface area contributed by atoms with Gasteiger partial charge in [-0.2, -0.15) is 0 Å². The van der Waals surface area contributed by atoms with Crippen molar-refractivity contribution >= 4 is 10.0 Å². The second kappa shape index (κ2) is 6.35. The van der Waals surface area contributed by atoms with Gasteiger partial charge in [0.1, 0.15) is 16.5 Å². The molecule has 1 heterocycles. The Hall–Kier alpha value is -1.82. The average molecular weight is 336 g/mol. The summed E-state index contributed by atoms with van der Waals surface area (Å²) in [6, 6.07) is 3.51. The van der Waals surface area contributed by atoms with E-state index in [1.165, 1.54) is 23.5 Å². The molecule has 5 nitrogen and oxygen atoms in total. The van der Waals surface area contributed by atoms with Crippen molar-refractivity contribution in [1.29, 1.82) is 0 Å². The third-order valence-electron chi connectivity index (χ3n) is 3.86. The summed E-state index contributed by atoms with van der Waals surface area (Å²) in [5.74, 6) is 1.09. The van der Waals surface area contributed by atoms with E-state index in [2.05, 4.69) is 4.98 Å². The molecule has 126 valence electrons. The molecule has 0 saturated carbocycles. The first-order chi connectivity index (χ1) is 10.7. The molecule has 1 aromatic carbocycles. The van der Waals surface area contributed by atoms with E-state index in [4.69, 9.17) is 4.74 Å². The van der Waals surface area contributed by atoms with Crippen LogP contribution >= 0.6 is 0 Å². The number of methoxy groups -OCH3 is 1. The third-order valence-corrected chi connectivity index (χ3v) is 5.56. The molecule has 0 bridgehead atoms. The minimum Gasteiger partial charge on any atom is -0.495 e. The number of hydrogen-bond acceptors (Lipinski definition) is 4. The van der Waals surface area contributed by atoms with Crippen molar-refractivity contribution in [3.63, 3.8) is 0 Å². The zero-order valence-corrected chi connectivity index (χ0v) is 15.3. The number of hydrogen-bond donors (Lipinski definition) is 0. The lowest BCUT2D eigenvalue weighted by Crippen LogP contribution is -2.17. The Morgan fingerprint density at radius 1 is 1.13 bits per heavy atom. The second-order valence-electron chi connectivity index (χ2n) is 6.26. The highest BCUT2D eigenvalue weighted by molar-refractivity contribution is 7.90. The zero-order chi connectivity index (χ0) is 17.4. The summed E-state index contributed by atoms with van der Waals surface area (Å²) in [4.78, 5) is 4.36. The second-order valence-corrected chi connectivity index (χ2v) is 8.04. The Bertz CT molecular complexity index is 805. The van der Waals surface area contributed by atoms with E-state index >= 15 is 0 Å². The van der Waals surface area contributed by atoms with Gasteiger partial charge >= 0.3 is 0 Å². The van der Waals surface area contributed by atoms with Crippen LogP contribution in [-0.2, 0) is 10.0 Å². The molecule has 0 spiro atoms. The van der Waals surface area contributed by atoms with Gasteiger partial charge in [0.25, 0.3) is 10.0 Å². The summed E-state index contributed by atoms with van der Waals surface area (Å²) < 4.78 is 32.8. The molecule has 0 radical (unpaired) electrons. The fourth-order valence-corrected chi connectivity index (χ4v) is 4.28. The number of aromatic nitrogens is 2. The zero-order valence-electron chi connectivity index (χ0n) is 14.5. The first-order valence-corrected chi connectivity index (χ1v) is 9.11. The first kappa shape index (κ1) is 17.5. The monoisotopic (exact) mass is 336 g/mol. The summed E-state index contributed by atoms with van der Waals surface area (Å²) in [5, 5.41) is 0. The van der Waals surface area contributed by atoms with Gasteiger partial charge in [-0.25, -0.2) is 17.4 Å². The molecule has 0 aliphatic carbocycles. The van der Waals surface area contributed by atoms with E-state index in [-0.39, 0.29) is 16.7 Å². The van der Waals surface area contributed by atoms with Crippen LogP contribution in [0.3, 0.4) is 0 Å². The van der Waals surface area contributed by atoms with Gasteiger partial charge in [0.05, 0.1) is 7.11 Å². The van der Waals surface area contributed by atoms with Crippen molar-refractivity contribution < 1.29 is 13.2 Å². The van der Waals surface area contributed by atoms with Crippen molar-refractivity contribution in [1.82, 2.24) is 8.96 Å². The van der Waals surface area contributed by atoms with Crippen LogP contribution in [0.5, 0.6) is 5.75 Å². The number of benzene rings is 1. The van der Waals surface area contributed by atoms with Gasteiger partial charge in [-0.3, -0.25) is 0 Å². The minimum absolute atomic E-state index is 0.000729. The SMILES string of the molecule is COc1cc(C)c(C(C)C)cc1S(=O)(=O)n1ccnc1C(C)C. The smallest absolute Gasteiger partial charge is 0.272 e. The minimum atomic E-state index is -3.76. The predicted octanol–water partition coefficient (Wildman–Crippen LogP) is 3.68. The number of ether oxygens (including phenoxy) is 1. The lowest BCUT2D eigenvalue weighted by atomic mass is 9.98. The summed E-state index contributed by atoms with van der Waals surface area (Å²) in [6.45, 7) is 9.88. The summed E-state index contributed by atoms with van der Waals surface area (Å²) in [6.07, 6.45) is 3.00. The van der Waals surface area contributed by atoms with Crippen LogP contribution in [0, 0.1) is 6.92 Å². The van der Waals surface area contributed by atoms with Crippen molar-refractivity contribution in [3.8, 4) is 5.75 Å². The van der Waals surface area contributed by atoms with Crippen LogP contribution in [0.1, 0.15) is 56.5 Å². The maximum Gasteiger partial charge on any atom is 0.272 e. The summed E-state index contributed by atoms with van der Waals surface area (Å²) in [5.41, 5.74) is 2.01. The van der Waals surface area contributed by atoms with E-state index in [1.54, 1.807) is 12.1 Å². The fraction of sp³-hybridized carbons (Fsp3) is 0.471. The molecule has 0 fully saturated rings. The van der Waals surface area contributed by atoms with Crippen molar-refractivity contribution in [2.45, 2.75) is 51.3 Å². The number of nitrogens with zero attached hydrogens (tertiary/aromatic N) is 2. The van der Waals surface area contributed by atoms with Crippen LogP contribution in [-0.4, -0.2) is 24.5 Å². The molecule has 0 N–H and O–H groups in total. The fourth-order valence-electron chi connectivity index (χ4n) is 2.68. The largest absolute Gasteiger partial charge is 0.495 e. The Kier molecular flexibility index (Phi) is 4.84. The van der Waals surface area contributed by atoms with E-state index in [9.17, 15) is 8.42 Å². The maximum atomic E-state index is 13.1. The van der Waals surface area contributed by atoms with Crippen molar-refractivity contribution in [3.05, 3.63) is 41.5 Å². The lowest BCUT2D eigenvalue weighted by Gasteiger charge is -2.18. The molecule has 1 aromatic heterocycles. The molecule has 0 aliphatic rings. The van der Waals surface area contributed by atoms with E-state index in [0.29, 0.717) is 11.6 Å². The molecule has 0 aliphatic heterocycles. The normalized spacial score (nSPS) is 12.2. The number of aryl methyl sites for hydroxylation is 1. The highest BCUT2D eigenvalue weighted by atomic mass is 32.2. The van der Waals surface area contributed by atoms with Crippen LogP contribution in [0.4, 0.5) is 0 Å². The van der Waals surface area contributed by atoms with Crippen LogP contribution in [0.2, 0.25) is 0 Å². The predicted molar refractivity (Wildman–Crippen MR) is 90.7 cm³/mol. The molecular formula is C17H24N2O3S. The molecule has 0 atom stereocenters. The Morgan fingerprint density at radius 2 is 1.78 bits per heavy atom. The van der Waals surface area contributed by atoms with Gasteiger partial charge in [-0.15, -0.1) is 0 Å². The van der Waals surface area contributed by atoms with Crippen LogP contribution in [0.25, 0.3) is 0 Å². The van der Waals surface area contributed by atoms with Gasteiger partial charge in [0, 0.05) is 18.3 Å². The van der Waals surface area contributed by atoms with Crippen LogP contribution < -0.4 is 4.74 Å².